The van der Waals surface area contributed by atoms with Crippen LogP contribution in [-0.2, 0) is 11.2 Å². The molecule has 106 valence electrons. The van der Waals surface area contributed by atoms with E-state index in [1.54, 1.807) is 0 Å². The summed E-state index contributed by atoms with van der Waals surface area (Å²) >= 11 is 6.03. The standard InChI is InChI=1S/C15H18ClN3O/c1-10-9-19(5-4-17-10)15(20)6-11-8-18-14-3-2-12(16)7-13(11)14/h2-3,7-8,10,17-18H,4-6,9H2,1H3/t10-/m1/s1. The second kappa shape index (κ2) is 5.46. The molecule has 1 saturated heterocycles. The number of benzene rings is 1. The van der Waals surface area contributed by atoms with E-state index in [-0.39, 0.29) is 5.91 Å². The van der Waals surface area contributed by atoms with Gasteiger partial charge in [0.25, 0.3) is 0 Å². The van der Waals surface area contributed by atoms with Crippen molar-refractivity contribution in [2.45, 2.75) is 19.4 Å². The number of carbonyl (C=O) groups is 1. The molecule has 0 saturated carbocycles. The summed E-state index contributed by atoms with van der Waals surface area (Å²) in [6.45, 7) is 4.53. The molecule has 2 aromatic rings. The van der Waals surface area contributed by atoms with Crippen LogP contribution >= 0.6 is 11.6 Å². The minimum Gasteiger partial charge on any atom is -0.361 e. The first kappa shape index (κ1) is 13.5. The fraction of sp³-hybridized carbons (Fsp3) is 0.400. The van der Waals surface area contributed by atoms with Crippen LogP contribution in [0.5, 0.6) is 0 Å². The number of piperazine rings is 1. The fourth-order valence-corrected chi connectivity index (χ4v) is 2.90. The summed E-state index contributed by atoms with van der Waals surface area (Å²) in [5, 5.41) is 5.08. The minimum atomic E-state index is 0.180. The molecule has 3 rings (SSSR count). The van der Waals surface area contributed by atoms with Gasteiger partial charge in [-0.05, 0) is 30.7 Å². The molecule has 1 fully saturated rings. The van der Waals surface area contributed by atoms with Crippen molar-refractivity contribution >= 4 is 28.4 Å². The van der Waals surface area contributed by atoms with Crippen molar-refractivity contribution in [1.29, 1.82) is 0 Å². The largest absolute Gasteiger partial charge is 0.361 e. The zero-order chi connectivity index (χ0) is 14.1. The Morgan fingerprint density at radius 1 is 1.50 bits per heavy atom. The van der Waals surface area contributed by atoms with Crippen LogP contribution in [0.4, 0.5) is 0 Å². The number of amides is 1. The van der Waals surface area contributed by atoms with Crippen LogP contribution in [-0.4, -0.2) is 41.5 Å². The second-order valence-electron chi connectivity index (χ2n) is 5.38. The number of nitrogens with one attached hydrogen (secondary N) is 2. The van der Waals surface area contributed by atoms with Gasteiger partial charge in [-0.3, -0.25) is 4.79 Å². The molecule has 1 amide bonds. The van der Waals surface area contributed by atoms with Gasteiger partial charge in [0.05, 0.1) is 6.42 Å². The summed E-state index contributed by atoms with van der Waals surface area (Å²) in [7, 11) is 0. The molecule has 5 heteroatoms. The van der Waals surface area contributed by atoms with E-state index in [0.717, 1.165) is 36.1 Å². The van der Waals surface area contributed by atoms with Gasteiger partial charge in [-0.1, -0.05) is 11.6 Å². The highest BCUT2D eigenvalue weighted by molar-refractivity contribution is 6.31. The highest BCUT2D eigenvalue weighted by Crippen LogP contribution is 2.23. The lowest BCUT2D eigenvalue weighted by Gasteiger charge is -2.32. The van der Waals surface area contributed by atoms with E-state index in [4.69, 9.17) is 11.6 Å². The maximum atomic E-state index is 12.4. The van der Waals surface area contributed by atoms with E-state index >= 15 is 0 Å². The zero-order valence-electron chi connectivity index (χ0n) is 11.4. The number of rotatable bonds is 2. The van der Waals surface area contributed by atoms with Gasteiger partial charge in [0, 0.05) is 47.8 Å². The van der Waals surface area contributed by atoms with Gasteiger partial charge >= 0.3 is 0 Å². The number of hydrogen-bond acceptors (Lipinski definition) is 2. The van der Waals surface area contributed by atoms with E-state index in [9.17, 15) is 4.79 Å². The highest BCUT2D eigenvalue weighted by atomic mass is 35.5. The Balaban J connectivity index is 1.78. The van der Waals surface area contributed by atoms with E-state index in [1.807, 2.05) is 29.3 Å². The Kier molecular flexibility index (Phi) is 3.68. The monoisotopic (exact) mass is 291 g/mol. The molecular formula is C15H18ClN3O. The van der Waals surface area contributed by atoms with Crippen LogP contribution in [0.3, 0.4) is 0 Å². The molecule has 1 aliphatic heterocycles. The smallest absolute Gasteiger partial charge is 0.227 e. The third-order valence-electron chi connectivity index (χ3n) is 3.79. The van der Waals surface area contributed by atoms with E-state index in [2.05, 4.69) is 17.2 Å². The summed E-state index contributed by atoms with van der Waals surface area (Å²) in [4.78, 5) is 17.5. The molecule has 0 aliphatic carbocycles. The number of nitrogens with zero attached hydrogens (tertiary/aromatic N) is 1. The van der Waals surface area contributed by atoms with Gasteiger partial charge in [0.1, 0.15) is 0 Å². The SMILES string of the molecule is C[C@@H]1CN(C(=O)Cc2c[nH]c3ccc(Cl)cc23)CCN1. The minimum absolute atomic E-state index is 0.180. The third kappa shape index (κ3) is 2.67. The lowest BCUT2D eigenvalue weighted by Crippen LogP contribution is -2.51. The van der Waals surface area contributed by atoms with Crippen LogP contribution in [0.2, 0.25) is 5.02 Å². The fourth-order valence-electron chi connectivity index (χ4n) is 2.73. The van der Waals surface area contributed by atoms with Crippen LogP contribution in [0.1, 0.15) is 12.5 Å². The molecule has 0 spiro atoms. The molecule has 2 N–H and O–H groups in total. The number of aromatic amines is 1. The zero-order valence-corrected chi connectivity index (χ0v) is 12.2. The predicted molar refractivity (Wildman–Crippen MR) is 81.1 cm³/mol. The number of halogens is 1. The van der Waals surface area contributed by atoms with Gasteiger partial charge in [0.15, 0.2) is 0 Å². The number of aromatic nitrogens is 1. The Morgan fingerprint density at radius 3 is 3.15 bits per heavy atom. The summed E-state index contributed by atoms with van der Waals surface area (Å²) in [6.07, 6.45) is 2.33. The predicted octanol–water partition coefficient (Wildman–Crippen LogP) is 2.18. The van der Waals surface area contributed by atoms with E-state index in [0.29, 0.717) is 17.5 Å². The van der Waals surface area contributed by atoms with Crippen molar-refractivity contribution in [2.24, 2.45) is 0 Å². The van der Waals surface area contributed by atoms with Crippen molar-refractivity contribution in [1.82, 2.24) is 15.2 Å². The quantitative estimate of drug-likeness (QED) is 0.891. The molecule has 2 heterocycles. The van der Waals surface area contributed by atoms with E-state index in [1.165, 1.54) is 0 Å². The van der Waals surface area contributed by atoms with Crippen LogP contribution < -0.4 is 5.32 Å². The summed E-state index contributed by atoms with van der Waals surface area (Å²) in [6, 6.07) is 6.07. The first-order valence-corrected chi connectivity index (χ1v) is 7.28. The Morgan fingerprint density at radius 2 is 2.35 bits per heavy atom. The van der Waals surface area contributed by atoms with Crippen molar-refractivity contribution in [3.05, 3.63) is 35.0 Å². The Labute approximate surface area is 123 Å². The van der Waals surface area contributed by atoms with E-state index < -0.39 is 0 Å². The second-order valence-corrected chi connectivity index (χ2v) is 5.81. The molecule has 20 heavy (non-hydrogen) atoms. The van der Waals surface area contributed by atoms with Crippen molar-refractivity contribution in [2.75, 3.05) is 19.6 Å². The molecule has 0 radical (unpaired) electrons. The Hall–Kier alpha value is -1.52. The molecule has 0 unspecified atom stereocenters. The summed E-state index contributed by atoms with van der Waals surface area (Å²) in [5.74, 6) is 0.180. The van der Waals surface area contributed by atoms with Crippen molar-refractivity contribution in [3.63, 3.8) is 0 Å². The third-order valence-corrected chi connectivity index (χ3v) is 4.03. The summed E-state index contributed by atoms with van der Waals surface area (Å²) in [5.41, 5.74) is 2.03. The normalized spacial score (nSPS) is 19.5. The average molecular weight is 292 g/mol. The number of hydrogen-bond donors (Lipinski definition) is 2. The molecule has 0 bridgehead atoms. The van der Waals surface area contributed by atoms with Gasteiger partial charge in [0.2, 0.25) is 5.91 Å². The molecule has 1 aromatic carbocycles. The van der Waals surface area contributed by atoms with Gasteiger partial charge < -0.3 is 15.2 Å². The van der Waals surface area contributed by atoms with Crippen LogP contribution in [0, 0.1) is 0 Å². The Bertz CT molecular complexity index is 637. The molecular weight excluding hydrogens is 274 g/mol. The number of carbonyl (C=O) groups excluding carboxylic acids is 1. The van der Waals surface area contributed by atoms with Gasteiger partial charge in [-0.2, -0.15) is 0 Å². The van der Waals surface area contributed by atoms with Crippen molar-refractivity contribution in [3.8, 4) is 0 Å². The van der Waals surface area contributed by atoms with Crippen LogP contribution in [0.25, 0.3) is 10.9 Å². The maximum Gasteiger partial charge on any atom is 0.227 e. The first-order valence-electron chi connectivity index (χ1n) is 6.90. The van der Waals surface area contributed by atoms with Gasteiger partial charge in [-0.15, -0.1) is 0 Å². The first-order chi connectivity index (χ1) is 9.63. The molecule has 1 aliphatic rings. The molecule has 4 nitrogen and oxygen atoms in total. The van der Waals surface area contributed by atoms with Crippen molar-refractivity contribution < 1.29 is 4.79 Å². The number of H-pyrrole nitrogens is 1. The molecule has 1 atom stereocenters. The molecule has 1 aromatic heterocycles. The maximum absolute atomic E-state index is 12.4. The lowest BCUT2D eigenvalue weighted by atomic mass is 10.1. The van der Waals surface area contributed by atoms with Crippen LogP contribution in [0.15, 0.2) is 24.4 Å². The summed E-state index contributed by atoms with van der Waals surface area (Å²) < 4.78 is 0. The topological polar surface area (TPSA) is 48.1 Å². The lowest BCUT2D eigenvalue weighted by molar-refractivity contribution is -0.131. The average Bonchev–Trinajstić information content (AvgIpc) is 2.81. The number of fused-ring (bicyclic) bond motifs is 1. The highest BCUT2D eigenvalue weighted by Gasteiger charge is 2.21. The van der Waals surface area contributed by atoms with Gasteiger partial charge in [-0.25, -0.2) is 0 Å².